The van der Waals surface area contributed by atoms with Gasteiger partial charge < -0.3 is 10.1 Å². The SMILES string of the molecule is CCOc1ccc(C(=O)NCc2cc(C)nn2C)cc1. The Morgan fingerprint density at radius 2 is 2.05 bits per heavy atom. The number of nitrogens with one attached hydrogen (secondary N) is 1. The molecule has 1 heterocycles. The van der Waals surface area contributed by atoms with Gasteiger partial charge in [-0.05, 0) is 44.2 Å². The average Bonchev–Trinajstić information content (AvgIpc) is 2.75. The molecule has 106 valence electrons. The molecule has 0 atom stereocenters. The summed E-state index contributed by atoms with van der Waals surface area (Å²) < 4.78 is 7.12. The predicted molar refractivity (Wildman–Crippen MR) is 76.7 cm³/mol. The van der Waals surface area contributed by atoms with Gasteiger partial charge in [0.25, 0.3) is 5.91 Å². The topological polar surface area (TPSA) is 56.1 Å². The van der Waals surface area contributed by atoms with Gasteiger partial charge in [-0.3, -0.25) is 9.48 Å². The lowest BCUT2D eigenvalue weighted by Crippen LogP contribution is -2.23. The third-order valence-corrected chi connectivity index (χ3v) is 2.96. The van der Waals surface area contributed by atoms with E-state index in [-0.39, 0.29) is 5.91 Å². The fraction of sp³-hybridized carbons (Fsp3) is 0.333. The van der Waals surface area contributed by atoms with E-state index in [4.69, 9.17) is 4.74 Å². The number of ether oxygens (including phenoxy) is 1. The number of aromatic nitrogens is 2. The van der Waals surface area contributed by atoms with Gasteiger partial charge in [0.05, 0.1) is 24.5 Å². The summed E-state index contributed by atoms with van der Waals surface area (Å²) in [6.07, 6.45) is 0. The molecule has 0 bridgehead atoms. The van der Waals surface area contributed by atoms with Crippen molar-refractivity contribution < 1.29 is 9.53 Å². The molecule has 0 saturated carbocycles. The van der Waals surface area contributed by atoms with Gasteiger partial charge in [0.15, 0.2) is 0 Å². The molecule has 0 saturated heterocycles. The lowest BCUT2D eigenvalue weighted by molar-refractivity contribution is 0.0950. The third kappa shape index (κ3) is 3.38. The van der Waals surface area contributed by atoms with Crippen molar-refractivity contribution >= 4 is 5.91 Å². The highest BCUT2D eigenvalue weighted by Gasteiger charge is 2.07. The number of carbonyl (C=O) groups excluding carboxylic acids is 1. The number of benzene rings is 1. The highest BCUT2D eigenvalue weighted by Crippen LogP contribution is 2.12. The lowest BCUT2D eigenvalue weighted by atomic mass is 10.2. The molecule has 20 heavy (non-hydrogen) atoms. The van der Waals surface area contributed by atoms with Crippen LogP contribution < -0.4 is 10.1 Å². The third-order valence-electron chi connectivity index (χ3n) is 2.96. The summed E-state index contributed by atoms with van der Waals surface area (Å²) in [5.41, 5.74) is 2.53. The van der Waals surface area contributed by atoms with Crippen molar-refractivity contribution in [3.05, 3.63) is 47.3 Å². The number of amides is 1. The molecule has 1 aromatic heterocycles. The first-order valence-corrected chi connectivity index (χ1v) is 6.60. The second-order valence-corrected chi connectivity index (χ2v) is 4.54. The lowest BCUT2D eigenvalue weighted by Gasteiger charge is -2.07. The Hall–Kier alpha value is -2.30. The second-order valence-electron chi connectivity index (χ2n) is 4.54. The van der Waals surface area contributed by atoms with Crippen LogP contribution in [0.3, 0.4) is 0 Å². The van der Waals surface area contributed by atoms with Crippen LogP contribution in [0.2, 0.25) is 0 Å². The summed E-state index contributed by atoms with van der Waals surface area (Å²) in [6.45, 7) is 4.93. The summed E-state index contributed by atoms with van der Waals surface area (Å²) in [5, 5.41) is 7.12. The standard InChI is InChI=1S/C15H19N3O2/c1-4-20-14-7-5-12(6-8-14)15(19)16-10-13-9-11(2)17-18(13)3/h5-9H,4,10H2,1-3H3,(H,16,19). The smallest absolute Gasteiger partial charge is 0.251 e. The zero-order chi connectivity index (χ0) is 14.5. The van der Waals surface area contributed by atoms with E-state index in [1.54, 1.807) is 28.9 Å². The molecule has 0 fully saturated rings. The summed E-state index contributed by atoms with van der Waals surface area (Å²) in [4.78, 5) is 12.0. The van der Waals surface area contributed by atoms with E-state index >= 15 is 0 Å². The Balaban J connectivity index is 1.96. The molecule has 0 unspecified atom stereocenters. The molecular formula is C15H19N3O2. The van der Waals surface area contributed by atoms with Gasteiger partial charge in [0.2, 0.25) is 0 Å². The van der Waals surface area contributed by atoms with E-state index in [1.807, 2.05) is 27.0 Å². The van der Waals surface area contributed by atoms with Crippen molar-refractivity contribution in [1.82, 2.24) is 15.1 Å². The van der Waals surface area contributed by atoms with Gasteiger partial charge in [0, 0.05) is 12.6 Å². The average molecular weight is 273 g/mol. The summed E-state index contributed by atoms with van der Waals surface area (Å²) >= 11 is 0. The Morgan fingerprint density at radius 1 is 1.35 bits per heavy atom. The van der Waals surface area contributed by atoms with Crippen LogP contribution in [0.15, 0.2) is 30.3 Å². The van der Waals surface area contributed by atoms with Crippen LogP contribution in [0.5, 0.6) is 5.75 Å². The largest absolute Gasteiger partial charge is 0.494 e. The molecule has 0 radical (unpaired) electrons. The molecule has 2 aromatic rings. The molecule has 0 aliphatic carbocycles. The molecule has 5 heteroatoms. The van der Waals surface area contributed by atoms with E-state index < -0.39 is 0 Å². The molecule has 0 spiro atoms. The van der Waals surface area contributed by atoms with Crippen LogP contribution >= 0.6 is 0 Å². The fourth-order valence-corrected chi connectivity index (χ4v) is 1.97. The Labute approximate surface area is 118 Å². The van der Waals surface area contributed by atoms with Crippen LogP contribution in [0, 0.1) is 6.92 Å². The maximum atomic E-state index is 12.0. The molecular weight excluding hydrogens is 254 g/mol. The van der Waals surface area contributed by atoms with Crippen molar-refractivity contribution in [1.29, 1.82) is 0 Å². The van der Waals surface area contributed by atoms with E-state index in [0.29, 0.717) is 18.7 Å². The van der Waals surface area contributed by atoms with Crippen molar-refractivity contribution in [2.24, 2.45) is 7.05 Å². The highest BCUT2D eigenvalue weighted by atomic mass is 16.5. The van der Waals surface area contributed by atoms with Crippen molar-refractivity contribution in [3.63, 3.8) is 0 Å². The zero-order valence-electron chi connectivity index (χ0n) is 12.0. The number of rotatable bonds is 5. The summed E-state index contributed by atoms with van der Waals surface area (Å²) in [5.74, 6) is 0.665. The number of hydrogen-bond acceptors (Lipinski definition) is 3. The maximum absolute atomic E-state index is 12.0. The van der Waals surface area contributed by atoms with Crippen molar-refractivity contribution in [3.8, 4) is 5.75 Å². The molecule has 0 aliphatic heterocycles. The molecule has 1 N–H and O–H groups in total. The van der Waals surface area contributed by atoms with Gasteiger partial charge in [0.1, 0.15) is 5.75 Å². The first kappa shape index (κ1) is 14.1. The molecule has 2 rings (SSSR count). The first-order chi connectivity index (χ1) is 9.60. The van der Waals surface area contributed by atoms with Crippen molar-refractivity contribution in [2.75, 3.05) is 6.61 Å². The van der Waals surface area contributed by atoms with Crippen LogP contribution in [0.25, 0.3) is 0 Å². The number of hydrogen-bond donors (Lipinski definition) is 1. The van der Waals surface area contributed by atoms with Crippen LogP contribution in [-0.4, -0.2) is 22.3 Å². The molecule has 5 nitrogen and oxygen atoms in total. The monoisotopic (exact) mass is 273 g/mol. The Bertz CT molecular complexity index is 588. The van der Waals surface area contributed by atoms with Gasteiger partial charge in [-0.25, -0.2) is 0 Å². The summed E-state index contributed by atoms with van der Waals surface area (Å²) in [7, 11) is 1.87. The van der Waals surface area contributed by atoms with Gasteiger partial charge in [-0.15, -0.1) is 0 Å². The highest BCUT2D eigenvalue weighted by molar-refractivity contribution is 5.94. The maximum Gasteiger partial charge on any atom is 0.251 e. The predicted octanol–water partition coefficient (Wildman–Crippen LogP) is 2.06. The minimum Gasteiger partial charge on any atom is -0.494 e. The molecule has 1 aromatic carbocycles. The fourth-order valence-electron chi connectivity index (χ4n) is 1.97. The minimum atomic E-state index is -0.105. The number of carbonyl (C=O) groups is 1. The second kappa shape index (κ2) is 6.23. The number of nitrogens with zero attached hydrogens (tertiary/aromatic N) is 2. The van der Waals surface area contributed by atoms with Crippen LogP contribution in [-0.2, 0) is 13.6 Å². The van der Waals surface area contributed by atoms with E-state index in [1.165, 1.54) is 0 Å². The Kier molecular flexibility index (Phi) is 4.40. The first-order valence-electron chi connectivity index (χ1n) is 6.60. The quantitative estimate of drug-likeness (QED) is 0.907. The van der Waals surface area contributed by atoms with E-state index in [0.717, 1.165) is 17.1 Å². The minimum absolute atomic E-state index is 0.105. The molecule has 1 amide bonds. The zero-order valence-corrected chi connectivity index (χ0v) is 12.0. The van der Waals surface area contributed by atoms with E-state index in [2.05, 4.69) is 10.4 Å². The Morgan fingerprint density at radius 3 is 2.60 bits per heavy atom. The summed E-state index contributed by atoms with van der Waals surface area (Å²) in [6, 6.07) is 9.07. The number of aryl methyl sites for hydroxylation is 2. The van der Waals surface area contributed by atoms with Gasteiger partial charge in [-0.1, -0.05) is 0 Å². The van der Waals surface area contributed by atoms with Crippen LogP contribution in [0.1, 0.15) is 28.7 Å². The molecule has 0 aliphatic rings. The van der Waals surface area contributed by atoms with Gasteiger partial charge in [-0.2, -0.15) is 5.10 Å². The van der Waals surface area contributed by atoms with E-state index in [9.17, 15) is 4.79 Å². The van der Waals surface area contributed by atoms with Gasteiger partial charge >= 0.3 is 0 Å². The van der Waals surface area contributed by atoms with Crippen LogP contribution in [0.4, 0.5) is 0 Å². The normalized spacial score (nSPS) is 10.3. The van der Waals surface area contributed by atoms with Crippen molar-refractivity contribution in [2.45, 2.75) is 20.4 Å².